The summed E-state index contributed by atoms with van der Waals surface area (Å²) in [4.78, 5) is 0. The molecule has 0 spiro atoms. The predicted octanol–water partition coefficient (Wildman–Crippen LogP) is 29.9. The van der Waals surface area contributed by atoms with Crippen molar-refractivity contribution in [3.8, 4) is 0 Å². The van der Waals surface area contributed by atoms with Crippen LogP contribution in [0.25, 0.3) is 0 Å². The van der Waals surface area contributed by atoms with Gasteiger partial charge >= 0.3 is 0 Å². The van der Waals surface area contributed by atoms with E-state index < -0.39 is 0 Å². The van der Waals surface area contributed by atoms with Gasteiger partial charge in [-0.05, 0) is 49.5 Å². The average Bonchev–Trinajstić information content (AvgIpc) is 3.09. The molecule has 66 heavy (non-hydrogen) atoms. The number of hydrogen-bond donors (Lipinski definition) is 0. The molecule has 0 aliphatic rings. The summed E-state index contributed by atoms with van der Waals surface area (Å²) in [5.41, 5.74) is 1.17. The minimum absolute atomic E-state index is 0. The third kappa shape index (κ3) is 2510. The third-order valence-electron chi connectivity index (χ3n) is 2.70. The molecule has 1 heteroatoms. The van der Waals surface area contributed by atoms with Crippen LogP contribution in [0.15, 0.2) is 12.2 Å². The SMILES string of the molecule is C.C.C.C.C.C.C=C(C)C.CC(C)C.CCC.CCC.CCC.CCC.CCC.CCC.CCC.CCC.CCC.CCC.CCC.CCC(C)C.CCCCCC(C)C.CSCC(C)C. The van der Waals surface area contributed by atoms with E-state index in [1.54, 1.807) is 0 Å². The molecule has 438 valence electrons. The van der Waals surface area contributed by atoms with Gasteiger partial charge in [0.05, 0.1) is 0 Å². The topological polar surface area (TPSA) is 0 Å². The van der Waals surface area contributed by atoms with E-state index in [1.807, 2.05) is 25.6 Å². The van der Waals surface area contributed by atoms with Crippen molar-refractivity contribution in [2.24, 2.45) is 23.7 Å². The lowest BCUT2D eigenvalue weighted by Crippen LogP contribution is -1.87. The van der Waals surface area contributed by atoms with E-state index >= 15 is 0 Å². The van der Waals surface area contributed by atoms with Gasteiger partial charge in [0.1, 0.15) is 0 Å². The second-order valence-electron chi connectivity index (χ2n) is 17.3. The molecule has 0 aromatic rings. The van der Waals surface area contributed by atoms with Gasteiger partial charge in [0.15, 0.2) is 0 Å². The molecule has 0 fully saturated rings. The average molecular weight is 986 g/mol. The van der Waals surface area contributed by atoms with Crippen molar-refractivity contribution in [1.82, 2.24) is 0 Å². The van der Waals surface area contributed by atoms with Crippen LogP contribution < -0.4 is 0 Å². The summed E-state index contributed by atoms with van der Waals surface area (Å²) in [5, 5.41) is 0. The Morgan fingerprint density at radius 3 is 0.515 bits per heavy atom. The molecule has 0 aliphatic carbocycles. The number of hydrogen-bond acceptors (Lipinski definition) is 1. The van der Waals surface area contributed by atoms with Crippen LogP contribution >= 0.6 is 11.8 Å². The molecule has 0 aromatic heterocycles. The van der Waals surface area contributed by atoms with Crippen LogP contribution in [0.4, 0.5) is 0 Å². The zero-order valence-corrected chi connectivity index (χ0v) is 52.8. The summed E-state index contributed by atoms with van der Waals surface area (Å²) in [6, 6.07) is 0. The van der Waals surface area contributed by atoms with Gasteiger partial charge in [0.25, 0.3) is 0 Å². The lowest BCUT2D eigenvalue weighted by Gasteiger charge is -2.00. The first-order chi connectivity index (χ1) is 27.8. The Labute approximate surface area is 447 Å². The Morgan fingerprint density at radius 2 is 0.470 bits per heavy atom. The number of unbranched alkanes of at least 4 members (excludes halogenated alkanes) is 2. The van der Waals surface area contributed by atoms with Crippen molar-refractivity contribution in [2.45, 2.75) is 390 Å². The van der Waals surface area contributed by atoms with Crippen LogP contribution in [0.1, 0.15) is 390 Å². The summed E-state index contributed by atoms with van der Waals surface area (Å²) < 4.78 is 0. The van der Waals surface area contributed by atoms with Gasteiger partial charge < -0.3 is 0 Å². The summed E-state index contributed by atoms with van der Waals surface area (Å²) in [7, 11) is 0. The maximum atomic E-state index is 3.56. The molecule has 0 N–H and O–H groups in total. The van der Waals surface area contributed by atoms with Crippen LogP contribution in [0.3, 0.4) is 0 Å². The van der Waals surface area contributed by atoms with E-state index in [9.17, 15) is 0 Å². The van der Waals surface area contributed by atoms with E-state index in [-0.39, 0.29) is 44.6 Å². The van der Waals surface area contributed by atoms with Crippen molar-refractivity contribution >= 4 is 11.8 Å². The first-order valence-corrected chi connectivity index (χ1v) is 28.3. The van der Waals surface area contributed by atoms with Crippen molar-refractivity contribution in [2.75, 3.05) is 12.0 Å². The first kappa shape index (κ1) is 144. The fourth-order valence-electron chi connectivity index (χ4n) is 1.14. The minimum atomic E-state index is 0. The number of thioether (sulfide) groups is 1. The Kier molecular flexibility index (Phi) is 533. The Balaban J connectivity index is -0.0000000157. The minimum Gasteiger partial charge on any atom is -0.165 e. The fourth-order valence-corrected chi connectivity index (χ4v) is 1.80. The number of rotatable bonds is 7. The second-order valence-corrected chi connectivity index (χ2v) is 18.2. The molecule has 0 atom stereocenters. The lowest BCUT2D eigenvalue weighted by atomic mass is 10.1. The van der Waals surface area contributed by atoms with E-state index in [0.717, 1.165) is 23.7 Å². The van der Waals surface area contributed by atoms with Crippen LogP contribution in [-0.2, 0) is 0 Å². The number of allylic oxidation sites excluding steroid dienone is 1. The summed E-state index contributed by atoms with van der Waals surface area (Å²) in [6.07, 6.45) is 22.8. The highest BCUT2D eigenvalue weighted by molar-refractivity contribution is 7.98. The highest BCUT2D eigenvalue weighted by Crippen LogP contribution is 2.06. The Morgan fingerprint density at radius 1 is 0.333 bits per heavy atom. The van der Waals surface area contributed by atoms with Crippen LogP contribution in [0, 0.1) is 23.7 Å². The molecule has 0 saturated carbocycles. The molecule has 0 saturated heterocycles. The van der Waals surface area contributed by atoms with Gasteiger partial charge in [-0.3, -0.25) is 0 Å². The molecule has 0 rings (SSSR count). The molecule has 0 aliphatic heterocycles. The van der Waals surface area contributed by atoms with Crippen molar-refractivity contribution in [1.29, 1.82) is 0 Å². The molecule has 0 bridgehead atoms. The van der Waals surface area contributed by atoms with E-state index in [2.05, 4.69) is 241 Å². The highest BCUT2D eigenvalue weighted by Gasteiger charge is 1.90. The molecule has 0 heterocycles. The quantitative estimate of drug-likeness (QED) is 0.181. The second kappa shape index (κ2) is 244. The fraction of sp³-hybridized carbons (Fsp3) is 0.969. The lowest BCUT2D eigenvalue weighted by molar-refractivity contribution is 0.534. The smallest absolute Gasteiger partial charge is 0.00472 e. The largest absolute Gasteiger partial charge is 0.165 e. The molecule has 0 amide bonds. The predicted molar refractivity (Wildman–Crippen MR) is 354 cm³/mol. The normalized spacial score (nSPS) is 6.85. The van der Waals surface area contributed by atoms with Crippen molar-refractivity contribution in [3.63, 3.8) is 0 Å². The van der Waals surface area contributed by atoms with Gasteiger partial charge in [-0.15, -0.1) is 6.58 Å². The van der Waals surface area contributed by atoms with E-state index in [4.69, 9.17) is 0 Å². The first-order valence-electron chi connectivity index (χ1n) is 26.9. The van der Waals surface area contributed by atoms with Gasteiger partial charge in [0, 0.05) is 0 Å². The molecular formula is C65H172S. The third-order valence-corrected chi connectivity index (χ3v) is 3.70. The molecule has 0 aromatic carbocycles. The van der Waals surface area contributed by atoms with Gasteiger partial charge in [-0.2, -0.15) is 11.8 Å². The maximum absolute atomic E-state index is 3.56. The van der Waals surface area contributed by atoms with Gasteiger partial charge in [-0.25, -0.2) is 0 Å². The summed E-state index contributed by atoms with van der Waals surface area (Å²) in [5.74, 6) is 4.77. The van der Waals surface area contributed by atoms with Crippen molar-refractivity contribution < 1.29 is 0 Å². The molecular weight excluding hydrogens is 813 g/mol. The molecule has 0 nitrogen and oxygen atoms in total. The maximum Gasteiger partial charge on any atom is -0.00472 e. The standard InChI is InChI=1S/C8H18.C5H12S.C5H12.C4H10.C4H8.11C3H8.6CH4/c1-4-5-6-7-8(2)3;1-5(2)4-6-3;1-4-5(2)3;2*1-4(2)3;11*1-3-2;;;;;;/h8H,4-7H2,1-3H3;5H,4H2,1-3H3;5H,4H2,1-3H3;4H,1-3H3;1H2,2-3H3;11*3H2,1-2H3;6*1H4. The van der Waals surface area contributed by atoms with E-state index in [1.165, 1.54) is 114 Å². The summed E-state index contributed by atoms with van der Waals surface area (Å²) >= 11 is 1.91. The van der Waals surface area contributed by atoms with Gasteiger partial charge in [0.2, 0.25) is 0 Å². The van der Waals surface area contributed by atoms with E-state index in [0.29, 0.717) is 0 Å². The summed E-state index contributed by atoms with van der Waals surface area (Å²) in [6.45, 7) is 78.7. The Hall–Kier alpha value is 0.0900. The van der Waals surface area contributed by atoms with Gasteiger partial charge in [-0.1, -0.05) is 381 Å². The van der Waals surface area contributed by atoms with Crippen LogP contribution in [0.5, 0.6) is 0 Å². The van der Waals surface area contributed by atoms with Crippen molar-refractivity contribution in [3.05, 3.63) is 12.2 Å². The monoisotopic (exact) mass is 985 g/mol. The zero-order valence-electron chi connectivity index (χ0n) is 51.9. The van der Waals surface area contributed by atoms with Crippen LogP contribution in [-0.4, -0.2) is 12.0 Å². The molecule has 0 radical (unpaired) electrons. The zero-order chi connectivity index (χ0) is 52.6. The highest BCUT2D eigenvalue weighted by atomic mass is 32.2. The molecule has 0 unspecified atom stereocenters. The Bertz CT molecular complexity index is 323. The van der Waals surface area contributed by atoms with Crippen LogP contribution in [0.2, 0.25) is 0 Å².